The molecule has 0 atom stereocenters. The predicted octanol–water partition coefficient (Wildman–Crippen LogP) is 2.99. The van der Waals surface area contributed by atoms with E-state index in [0.29, 0.717) is 10.6 Å². The Labute approximate surface area is 127 Å². The Bertz CT molecular complexity index is 600. The third-order valence-corrected chi connectivity index (χ3v) is 5.01. The van der Waals surface area contributed by atoms with Crippen LogP contribution in [0.15, 0.2) is 39.0 Å². The van der Waals surface area contributed by atoms with E-state index in [2.05, 4.69) is 21.4 Å². The maximum atomic E-state index is 11.6. The van der Waals surface area contributed by atoms with Gasteiger partial charge in [-0.1, -0.05) is 15.9 Å². The van der Waals surface area contributed by atoms with Crippen molar-refractivity contribution >= 4 is 50.6 Å². The second kappa shape index (κ2) is 6.42. The molecule has 1 aromatic heterocycles. The molecule has 1 amide bonds. The molecule has 4 nitrogen and oxygen atoms in total. The first-order valence-corrected chi connectivity index (χ1v) is 8.02. The third kappa shape index (κ3) is 3.50. The minimum absolute atomic E-state index is 0.257. The van der Waals surface area contributed by atoms with Crippen molar-refractivity contribution in [2.45, 2.75) is 10.6 Å². The molecule has 7 heteroatoms. The van der Waals surface area contributed by atoms with Crippen LogP contribution in [0.25, 0.3) is 0 Å². The number of thioether (sulfide) groups is 1. The molecule has 1 heterocycles. The van der Waals surface area contributed by atoms with Crippen LogP contribution in [-0.2, 0) is 5.75 Å². The highest BCUT2D eigenvalue weighted by atomic mass is 79.9. The monoisotopic (exact) mass is 357 g/mol. The fourth-order valence-corrected chi connectivity index (χ4v) is 3.93. The van der Waals surface area contributed by atoms with Crippen molar-refractivity contribution in [1.82, 2.24) is 5.43 Å². The molecule has 0 unspecified atom stereocenters. The van der Waals surface area contributed by atoms with E-state index in [4.69, 9.17) is 11.6 Å². The van der Waals surface area contributed by atoms with Crippen molar-refractivity contribution in [2.24, 2.45) is 5.84 Å². The largest absolute Gasteiger partial charge is 0.398 e. The standard InChI is InChI=1S/C12H12BrN3OS2/c13-8-1-2-9(14)10(5-8)19-6-7-3-4-18-11(7)12(17)16-15/h1-5H,6,14-15H2,(H,16,17). The highest BCUT2D eigenvalue weighted by Gasteiger charge is 2.12. The van der Waals surface area contributed by atoms with Crippen molar-refractivity contribution in [2.75, 3.05) is 5.73 Å². The number of carbonyl (C=O) groups is 1. The Morgan fingerprint density at radius 1 is 1.42 bits per heavy atom. The Morgan fingerprint density at radius 3 is 2.95 bits per heavy atom. The lowest BCUT2D eigenvalue weighted by molar-refractivity contribution is 0.0957. The van der Waals surface area contributed by atoms with Crippen molar-refractivity contribution in [3.8, 4) is 0 Å². The summed E-state index contributed by atoms with van der Waals surface area (Å²) in [5.41, 5.74) is 9.76. The van der Waals surface area contributed by atoms with Gasteiger partial charge in [-0.25, -0.2) is 5.84 Å². The van der Waals surface area contributed by atoms with Crippen LogP contribution < -0.4 is 17.0 Å². The second-order valence-electron chi connectivity index (χ2n) is 3.72. The number of carbonyl (C=O) groups excluding carboxylic acids is 1. The lowest BCUT2D eigenvalue weighted by Gasteiger charge is -2.06. The van der Waals surface area contributed by atoms with Gasteiger partial charge >= 0.3 is 0 Å². The number of benzene rings is 1. The molecule has 0 aliphatic heterocycles. The van der Waals surface area contributed by atoms with E-state index in [1.807, 2.05) is 29.6 Å². The van der Waals surface area contributed by atoms with Crippen LogP contribution in [0.4, 0.5) is 5.69 Å². The Balaban J connectivity index is 2.13. The van der Waals surface area contributed by atoms with Crippen molar-refractivity contribution in [1.29, 1.82) is 0 Å². The molecule has 0 aliphatic rings. The van der Waals surface area contributed by atoms with E-state index < -0.39 is 0 Å². The molecule has 0 fully saturated rings. The zero-order valence-electron chi connectivity index (χ0n) is 9.85. The Kier molecular flexibility index (Phi) is 4.87. The average Bonchev–Trinajstić information content (AvgIpc) is 2.87. The Hall–Kier alpha value is -1.02. The van der Waals surface area contributed by atoms with Gasteiger partial charge in [-0.15, -0.1) is 23.1 Å². The molecule has 0 spiro atoms. The summed E-state index contributed by atoms with van der Waals surface area (Å²) in [5.74, 6) is 5.57. The third-order valence-electron chi connectivity index (χ3n) is 2.44. The van der Waals surface area contributed by atoms with Gasteiger partial charge < -0.3 is 5.73 Å². The minimum Gasteiger partial charge on any atom is -0.398 e. The number of anilines is 1. The van der Waals surface area contributed by atoms with Crippen LogP contribution >= 0.6 is 39.0 Å². The van der Waals surface area contributed by atoms with Gasteiger partial charge in [0.15, 0.2) is 0 Å². The molecule has 0 saturated carbocycles. The predicted molar refractivity (Wildman–Crippen MR) is 84.1 cm³/mol. The Morgan fingerprint density at radius 2 is 2.21 bits per heavy atom. The summed E-state index contributed by atoms with van der Waals surface area (Å²) in [6.07, 6.45) is 0. The van der Waals surface area contributed by atoms with Gasteiger partial charge in [-0.05, 0) is 35.2 Å². The summed E-state index contributed by atoms with van der Waals surface area (Å²) >= 11 is 6.39. The highest BCUT2D eigenvalue weighted by molar-refractivity contribution is 9.10. The van der Waals surface area contributed by atoms with Crippen LogP contribution in [0.2, 0.25) is 0 Å². The van der Waals surface area contributed by atoms with Crippen LogP contribution in [0.5, 0.6) is 0 Å². The molecule has 0 radical (unpaired) electrons. The van der Waals surface area contributed by atoms with E-state index in [0.717, 1.165) is 20.6 Å². The zero-order chi connectivity index (χ0) is 13.8. The SMILES string of the molecule is NNC(=O)c1sccc1CSc1cc(Br)ccc1N. The molecule has 5 N–H and O–H groups in total. The van der Waals surface area contributed by atoms with Crippen LogP contribution in [0, 0.1) is 0 Å². The van der Waals surface area contributed by atoms with E-state index in [1.54, 1.807) is 11.8 Å². The lowest BCUT2D eigenvalue weighted by atomic mass is 10.3. The fourth-order valence-electron chi connectivity index (χ4n) is 1.50. The number of hydrogen-bond donors (Lipinski definition) is 3. The first-order chi connectivity index (χ1) is 9.11. The zero-order valence-corrected chi connectivity index (χ0v) is 13.1. The van der Waals surface area contributed by atoms with E-state index in [-0.39, 0.29) is 5.91 Å². The molecular formula is C12H12BrN3OS2. The van der Waals surface area contributed by atoms with E-state index in [9.17, 15) is 4.79 Å². The number of nitrogen functional groups attached to an aromatic ring is 2. The van der Waals surface area contributed by atoms with Crippen LogP contribution in [0.1, 0.15) is 15.2 Å². The summed E-state index contributed by atoms with van der Waals surface area (Å²) in [7, 11) is 0. The van der Waals surface area contributed by atoms with Gasteiger partial charge in [0.05, 0.1) is 4.88 Å². The van der Waals surface area contributed by atoms with Gasteiger partial charge in [0.25, 0.3) is 5.91 Å². The topological polar surface area (TPSA) is 81.1 Å². The molecule has 0 bridgehead atoms. The number of hydrazine groups is 1. The number of nitrogens with two attached hydrogens (primary N) is 2. The highest BCUT2D eigenvalue weighted by Crippen LogP contribution is 2.32. The first-order valence-electron chi connectivity index (χ1n) is 5.37. The molecular weight excluding hydrogens is 346 g/mol. The van der Waals surface area contributed by atoms with Gasteiger partial charge in [0, 0.05) is 20.8 Å². The number of rotatable bonds is 4. The molecule has 2 rings (SSSR count). The lowest BCUT2D eigenvalue weighted by Crippen LogP contribution is -2.29. The number of hydrogen-bond acceptors (Lipinski definition) is 5. The molecule has 0 saturated heterocycles. The van der Waals surface area contributed by atoms with E-state index in [1.165, 1.54) is 11.3 Å². The van der Waals surface area contributed by atoms with Crippen LogP contribution in [0.3, 0.4) is 0 Å². The molecule has 0 aliphatic carbocycles. The molecule has 2 aromatic rings. The number of thiophene rings is 1. The average molecular weight is 358 g/mol. The minimum atomic E-state index is -0.257. The summed E-state index contributed by atoms with van der Waals surface area (Å²) in [4.78, 5) is 13.2. The van der Waals surface area contributed by atoms with E-state index >= 15 is 0 Å². The summed E-state index contributed by atoms with van der Waals surface area (Å²) in [5, 5.41) is 1.88. The van der Waals surface area contributed by atoms with Crippen molar-refractivity contribution < 1.29 is 4.79 Å². The summed E-state index contributed by atoms with van der Waals surface area (Å²) in [6, 6.07) is 7.65. The van der Waals surface area contributed by atoms with Crippen molar-refractivity contribution in [3.63, 3.8) is 0 Å². The quantitative estimate of drug-likeness (QED) is 0.258. The maximum Gasteiger partial charge on any atom is 0.275 e. The van der Waals surface area contributed by atoms with Gasteiger partial charge in [0.1, 0.15) is 0 Å². The normalized spacial score (nSPS) is 10.4. The number of halogens is 1. The van der Waals surface area contributed by atoms with Gasteiger partial charge in [-0.2, -0.15) is 0 Å². The smallest absolute Gasteiger partial charge is 0.275 e. The number of nitrogens with one attached hydrogen (secondary N) is 1. The van der Waals surface area contributed by atoms with Crippen molar-refractivity contribution in [3.05, 3.63) is 44.6 Å². The molecule has 1 aromatic carbocycles. The van der Waals surface area contributed by atoms with Gasteiger partial charge in [0.2, 0.25) is 0 Å². The molecule has 100 valence electrons. The summed E-state index contributed by atoms with van der Waals surface area (Å²) in [6.45, 7) is 0. The number of amides is 1. The van der Waals surface area contributed by atoms with Crippen LogP contribution in [-0.4, -0.2) is 5.91 Å². The molecule has 19 heavy (non-hydrogen) atoms. The summed E-state index contributed by atoms with van der Waals surface area (Å²) < 4.78 is 0.981. The van der Waals surface area contributed by atoms with Gasteiger partial charge in [-0.3, -0.25) is 10.2 Å². The first kappa shape index (κ1) is 14.4. The maximum absolute atomic E-state index is 11.6. The second-order valence-corrected chi connectivity index (χ2v) is 6.57. The fraction of sp³-hybridized carbons (Fsp3) is 0.0833.